The van der Waals surface area contributed by atoms with Crippen LogP contribution in [0.4, 0.5) is 13.2 Å². The third-order valence-corrected chi connectivity index (χ3v) is 2.74. The standard InChI is InChI=1S/C12H13ClF3NO2/c1-6(2)17(4-3-13)12(19)7-5-8(14)10(16)11(18)9(7)15/h5-6,18H,3-4H2,1-2H3. The van der Waals surface area contributed by atoms with Crippen LogP contribution in [0.15, 0.2) is 6.07 Å². The van der Waals surface area contributed by atoms with Gasteiger partial charge in [-0.1, -0.05) is 0 Å². The minimum absolute atomic E-state index is 0.112. The first-order valence-electron chi connectivity index (χ1n) is 5.54. The Balaban J connectivity index is 3.26. The summed E-state index contributed by atoms with van der Waals surface area (Å²) in [5, 5.41) is 9.08. The van der Waals surface area contributed by atoms with Crippen molar-refractivity contribution in [3.05, 3.63) is 29.1 Å². The average Bonchev–Trinajstić information content (AvgIpc) is 2.36. The third-order valence-electron chi connectivity index (χ3n) is 2.57. The largest absolute Gasteiger partial charge is 0.503 e. The molecule has 7 heteroatoms. The number of nitrogens with zero attached hydrogens (tertiary/aromatic N) is 1. The topological polar surface area (TPSA) is 40.5 Å². The minimum atomic E-state index is -1.72. The van der Waals surface area contributed by atoms with Crippen LogP contribution in [0.1, 0.15) is 24.2 Å². The van der Waals surface area contributed by atoms with Crippen molar-refractivity contribution in [2.45, 2.75) is 19.9 Å². The van der Waals surface area contributed by atoms with Gasteiger partial charge in [0, 0.05) is 18.5 Å². The number of benzene rings is 1. The predicted octanol–water partition coefficient (Wildman–Crippen LogP) is 2.90. The monoisotopic (exact) mass is 295 g/mol. The molecule has 1 aromatic carbocycles. The van der Waals surface area contributed by atoms with E-state index in [-0.39, 0.29) is 18.5 Å². The van der Waals surface area contributed by atoms with Gasteiger partial charge >= 0.3 is 0 Å². The number of aromatic hydroxyl groups is 1. The summed E-state index contributed by atoms with van der Waals surface area (Å²) < 4.78 is 39.7. The highest BCUT2D eigenvalue weighted by atomic mass is 35.5. The van der Waals surface area contributed by atoms with Gasteiger partial charge in [0.2, 0.25) is 5.82 Å². The molecule has 0 spiro atoms. The van der Waals surface area contributed by atoms with E-state index >= 15 is 0 Å². The molecule has 1 aromatic rings. The minimum Gasteiger partial charge on any atom is -0.503 e. The van der Waals surface area contributed by atoms with Gasteiger partial charge in [-0.2, -0.15) is 4.39 Å². The molecule has 0 saturated heterocycles. The van der Waals surface area contributed by atoms with E-state index in [1.807, 2.05) is 0 Å². The molecule has 1 rings (SSSR count). The number of carbonyl (C=O) groups excluding carboxylic acids is 1. The summed E-state index contributed by atoms with van der Waals surface area (Å²) in [6.45, 7) is 3.46. The van der Waals surface area contributed by atoms with E-state index in [9.17, 15) is 18.0 Å². The number of carbonyl (C=O) groups is 1. The van der Waals surface area contributed by atoms with E-state index in [0.717, 1.165) is 0 Å². The molecule has 3 nitrogen and oxygen atoms in total. The lowest BCUT2D eigenvalue weighted by molar-refractivity contribution is 0.0711. The number of phenolic OH excluding ortho intramolecular Hbond substituents is 1. The molecule has 0 aliphatic carbocycles. The Kier molecular flexibility index (Phi) is 5.05. The summed E-state index contributed by atoms with van der Waals surface area (Å²) in [6.07, 6.45) is 0. The zero-order valence-corrected chi connectivity index (χ0v) is 11.1. The Morgan fingerprint density at radius 2 is 1.95 bits per heavy atom. The van der Waals surface area contributed by atoms with Gasteiger partial charge < -0.3 is 10.0 Å². The summed E-state index contributed by atoms with van der Waals surface area (Å²) in [5.41, 5.74) is -0.727. The van der Waals surface area contributed by atoms with Crippen LogP contribution in [0.2, 0.25) is 0 Å². The molecule has 0 bridgehead atoms. The summed E-state index contributed by atoms with van der Waals surface area (Å²) in [4.78, 5) is 13.2. The van der Waals surface area contributed by atoms with Crippen molar-refractivity contribution >= 4 is 17.5 Å². The fraction of sp³-hybridized carbons (Fsp3) is 0.417. The van der Waals surface area contributed by atoms with Crippen LogP contribution in [0.3, 0.4) is 0 Å². The van der Waals surface area contributed by atoms with Crippen molar-refractivity contribution in [2.24, 2.45) is 0 Å². The van der Waals surface area contributed by atoms with E-state index in [1.54, 1.807) is 13.8 Å². The molecule has 0 aliphatic rings. The Morgan fingerprint density at radius 3 is 2.42 bits per heavy atom. The van der Waals surface area contributed by atoms with E-state index < -0.39 is 34.7 Å². The van der Waals surface area contributed by atoms with Crippen LogP contribution in [-0.4, -0.2) is 34.4 Å². The van der Waals surface area contributed by atoms with E-state index in [2.05, 4.69) is 0 Å². The first kappa shape index (κ1) is 15.6. The molecule has 19 heavy (non-hydrogen) atoms. The Hall–Kier alpha value is -1.43. The molecule has 1 N–H and O–H groups in total. The summed E-state index contributed by atoms with van der Waals surface area (Å²) >= 11 is 5.53. The lowest BCUT2D eigenvalue weighted by Crippen LogP contribution is -2.38. The second-order valence-corrected chi connectivity index (χ2v) is 4.54. The van der Waals surface area contributed by atoms with Crippen molar-refractivity contribution < 1.29 is 23.1 Å². The maximum Gasteiger partial charge on any atom is 0.257 e. The van der Waals surface area contributed by atoms with Crippen molar-refractivity contribution in [3.63, 3.8) is 0 Å². The van der Waals surface area contributed by atoms with Gasteiger partial charge in [0.05, 0.1) is 5.56 Å². The van der Waals surface area contributed by atoms with Crippen molar-refractivity contribution in [3.8, 4) is 5.75 Å². The fourth-order valence-electron chi connectivity index (χ4n) is 1.59. The zero-order chi connectivity index (χ0) is 14.7. The van der Waals surface area contributed by atoms with Crippen molar-refractivity contribution in [1.29, 1.82) is 0 Å². The lowest BCUT2D eigenvalue weighted by Gasteiger charge is -2.26. The highest BCUT2D eigenvalue weighted by Crippen LogP contribution is 2.27. The van der Waals surface area contributed by atoms with Crippen LogP contribution in [-0.2, 0) is 0 Å². The number of hydrogen-bond donors (Lipinski definition) is 1. The van der Waals surface area contributed by atoms with Crippen LogP contribution in [0.25, 0.3) is 0 Å². The molecule has 0 radical (unpaired) electrons. The molecule has 0 aliphatic heterocycles. The summed E-state index contributed by atoms with van der Waals surface area (Å²) in [5.74, 6) is -6.94. The maximum absolute atomic E-state index is 13.6. The van der Waals surface area contributed by atoms with Crippen molar-refractivity contribution in [1.82, 2.24) is 4.90 Å². The van der Waals surface area contributed by atoms with Gasteiger partial charge in [-0.3, -0.25) is 4.79 Å². The molecule has 0 fully saturated rings. The Bertz CT molecular complexity index is 494. The Morgan fingerprint density at radius 1 is 1.37 bits per heavy atom. The predicted molar refractivity (Wildman–Crippen MR) is 64.9 cm³/mol. The quantitative estimate of drug-likeness (QED) is 0.685. The smallest absolute Gasteiger partial charge is 0.257 e. The number of rotatable bonds is 4. The number of amides is 1. The highest BCUT2D eigenvalue weighted by Gasteiger charge is 2.26. The van der Waals surface area contributed by atoms with Gasteiger partial charge in [-0.25, -0.2) is 8.78 Å². The second-order valence-electron chi connectivity index (χ2n) is 4.16. The van der Waals surface area contributed by atoms with Crippen LogP contribution >= 0.6 is 11.6 Å². The number of hydrogen-bond acceptors (Lipinski definition) is 2. The maximum atomic E-state index is 13.6. The molecule has 1 amide bonds. The zero-order valence-electron chi connectivity index (χ0n) is 10.4. The number of halogens is 4. The average molecular weight is 296 g/mol. The summed E-state index contributed by atoms with van der Waals surface area (Å²) in [7, 11) is 0. The van der Waals surface area contributed by atoms with Gasteiger partial charge in [0.15, 0.2) is 17.4 Å². The van der Waals surface area contributed by atoms with Gasteiger partial charge in [-0.15, -0.1) is 11.6 Å². The molecular weight excluding hydrogens is 283 g/mol. The SMILES string of the molecule is CC(C)N(CCCl)C(=O)c1cc(F)c(F)c(O)c1F. The molecule has 0 unspecified atom stereocenters. The Labute approximate surface area is 113 Å². The van der Waals surface area contributed by atoms with E-state index in [0.29, 0.717) is 6.07 Å². The molecule has 0 aromatic heterocycles. The molecular formula is C12H13ClF3NO2. The molecule has 0 heterocycles. The normalized spacial score (nSPS) is 10.9. The first-order valence-corrected chi connectivity index (χ1v) is 6.08. The van der Waals surface area contributed by atoms with Crippen LogP contribution < -0.4 is 0 Å². The van der Waals surface area contributed by atoms with Gasteiger partial charge in [-0.05, 0) is 19.9 Å². The first-order chi connectivity index (χ1) is 8.81. The van der Waals surface area contributed by atoms with E-state index in [1.165, 1.54) is 4.90 Å². The number of alkyl halides is 1. The second kappa shape index (κ2) is 6.14. The lowest BCUT2D eigenvalue weighted by atomic mass is 10.1. The van der Waals surface area contributed by atoms with Crippen LogP contribution in [0.5, 0.6) is 5.75 Å². The third kappa shape index (κ3) is 3.12. The molecule has 106 valence electrons. The van der Waals surface area contributed by atoms with Gasteiger partial charge in [0.1, 0.15) is 0 Å². The molecule has 0 atom stereocenters. The van der Waals surface area contributed by atoms with Crippen LogP contribution in [0, 0.1) is 17.5 Å². The van der Waals surface area contributed by atoms with E-state index in [4.69, 9.17) is 16.7 Å². The number of phenols is 1. The highest BCUT2D eigenvalue weighted by molar-refractivity contribution is 6.18. The fourth-order valence-corrected chi connectivity index (χ4v) is 1.77. The summed E-state index contributed by atoms with van der Waals surface area (Å²) in [6, 6.07) is 0.122. The van der Waals surface area contributed by atoms with Crippen molar-refractivity contribution in [2.75, 3.05) is 12.4 Å². The van der Waals surface area contributed by atoms with Gasteiger partial charge in [0.25, 0.3) is 5.91 Å². The molecule has 0 saturated carbocycles.